The number of hydrogen-bond donors (Lipinski definition) is 3. The van der Waals surface area contributed by atoms with Crippen LogP contribution in [0.2, 0.25) is 25.1 Å². The topological polar surface area (TPSA) is 105 Å². The maximum atomic E-state index is 12.9. The summed E-state index contributed by atoms with van der Waals surface area (Å²) < 4.78 is 5.22. The summed E-state index contributed by atoms with van der Waals surface area (Å²) in [6.45, 7) is 0. The molecule has 0 heterocycles. The fraction of sp³-hybridized carbons (Fsp3) is 0.0870. The zero-order valence-electron chi connectivity index (χ0n) is 18.1. The van der Waals surface area contributed by atoms with E-state index in [-0.39, 0.29) is 26.7 Å². The van der Waals surface area contributed by atoms with E-state index in [4.69, 9.17) is 62.7 Å². The molecule has 0 aromatic heterocycles. The van der Waals surface area contributed by atoms with Crippen molar-refractivity contribution in [2.75, 3.05) is 23.5 Å². The first kappa shape index (κ1) is 28.2. The van der Waals surface area contributed by atoms with E-state index in [0.29, 0.717) is 27.0 Å². The molecule has 0 atom stereocenters. The molecular weight excluding hydrogens is 594 g/mol. The molecule has 0 aliphatic rings. The van der Waals surface area contributed by atoms with Crippen molar-refractivity contribution < 1.29 is 24.2 Å². The van der Waals surface area contributed by atoms with Crippen molar-refractivity contribution in [3.05, 3.63) is 78.7 Å². The highest BCUT2D eigenvalue weighted by molar-refractivity contribution is 8.00. The number of rotatable bonds is 8. The molecule has 188 valence electrons. The third kappa shape index (κ3) is 6.51. The van der Waals surface area contributed by atoms with Crippen LogP contribution in [0.15, 0.2) is 47.4 Å². The number of amides is 2. The van der Waals surface area contributed by atoms with Crippen LogP contribution in [0.5, 0.6) is 5.75 Å². The Bertz CT molecular complexity index is 1370. The Morgan fingerprint density at radius 3 is 2.19 bits per heavy atom. The Morgan fingerprint density at radius 1 is 0.889 bits per heavy atom. The normalized spacial score (nSPS) is 10.6. The highest BCUT2D eigenvalue weighted by atomic mass is 35.5. The highest BCUT2D eigenvalue weighted by Gasteiger charge is 2.29. The summed E-state index contributed by atoms with van der Waals surface area (Å²) in [5.41, 5.74) is -0.261. The number of carbonyl (C=O) groups is 3. The van der Waals surface area contributed by atoms with Crippen LogP contribution in [0.1, 0.15) is 20.7 Å². The molecule has 2 amide bonds. The number of nitrogens with one attached hydrogen (secondary N) is 2. The minimum atomic E-state index is -1.50. The fourth-order valence-electron chi connectivity index (χ4n) is 3.02. The van der Waals surface area contributed by atoms with Crippen molar-refractivity contribution in [3.8, 4) is 5.75 Å². The van der Waals surface area contributed by atoms with Crippen LogP contribution in [-0.4, -0.2) is 35.8 Å². The molecule has 0 radical (unpaired) electrons. The Kier molecular flexibility index (Phi) is 9.63. The predicted octanol–water partition coefficient (Wildman–Crippen LogP) is 7.64. The summed E-state index contributed by atoms with van der Waals surface area (Å²) >= 11 is 31.3. The number of methoxy groups -OCH3 is 1. The lowest BCUT2D eigenvalue weighted by Crippen LogP contribution is -2.18. The maximum Gasteiger partial charge on any atom is 0.338 e. The number of thioether (sulfide) groups is 1. The molecule has 3 aromatic carbocycles. The molecular formula is C23H15Cl5N2O5S. The highest BCUT2D eigenvalue weighted by Crippen LogP contribution is 2.42. The number of carbonyl (C=O) groups excluding carboxylic acids is 2. The second-order valence-corrected chi connectivity index (χ2v) is 9.97. The molecule has 3 aromatic rings. The number of hydrogen-bond acceptors (Lipinski definition) is 5. The Balaban J connectivity index is 1.74. The van der Waals surface area contributed by atoms with Crippen molar-refractivity contribution in [2.24, 2.45) is 0 Å². The molecule has 0 saturated carbocycles. The van der Waals surface area contributed by atoms with Crippen LogP contribution < -0.4 is 15.4 Å². The monoisotopic (exact) mass is 606 g/mol. The Morgan fingerprint density at radius 2 is 1.56 bits per heavy atom. The van der Waals surface area contributed by atoms with Gasteiger partial charge in [-0.05, 0) is 36.4 Å². The minimum absolute atomic E-state index is 0.0461. The van der Waals surface area contributed by atoms with Gasteiger partial charge in [-0.1, -0.05) is 64.1 Å². The first-order valence-corrected chi connectivity index (χ1v) is 12.7. The largest absolute Gasteiger partial charge is 0.495 e. The lowest BCUT2D eigenvalue weighted by Gasteiger charge is -2.14. The van der Waals surface area contributed by atoms with Gasteiger partial charge in [0.2, 0.25) is 5.91 Å². The lowest BCUT2D eigenvalue weighted by atomic mass is 10.1. The van der Waals surface area contributed by atoms with Gasteiger partial charge in [-0.15, -0.1) is 11.8 Å². The van der Waals surface area contributed by atoms with E-state index in [2.05, 4.69) is 10.6 Å². The summed E-state index contributed by atoms with van der Waals surface area (Å²) in [5, 5.41) is 14.0. The second-order valence-electron chi connectivity index (χ2n) is 6.97. The number of halogens is 5. The van der Waals surface area contributed by atoms with Gasteiger partial charge in [-0.3, -0.25) is 9.59 Å². The van der Waals surface area contributed by atoms with Gasteiger partial charge in [0.15, 0.2) is 0 Å². The van der Waals surface area contributed by atoms with Crippen LogP contribution in [0.4, 0.5) is 11.4 Å². The first-order chi connectivity index (χ1) is 17.0. The van der Waals surface area contributed by atoms with E-state index in [9.17, 15) is 19.5 Å². The number of benzene rings is 3. The average Bonchev–Trinajstić information content (AvgIpc) is 2.83. The molecule has 0 aliphatic carbocycles. The van der Waals surface area contributed by atoms with Crippen molar-refractivity contribution in [1.29, 1.82) is 0 Å². The van der Waals surface area contributed by atoms with E-state index >= 15 is 0 Å². The molecule has 3 rings (SSSR count). The number of ether oxygens (including phenoxy) is 1. The molecule has 3 N–H and O–H groups in total. The standard InChI is InChI=1S/C23H15Cl5N2O5S/c1-35-14-6-5-10(24)7-13(14)30-15(31)9-36-12-4-2-3-11(8-12)29-22(32)16-17(23(33)34)19(26)21(28)20(27)18(16)25/h2-8H,9H2,1H3,(H,29,32)(H,30,31)(H,33,34). The van der Waals surface area contributed by atoms with E-state index in [1.807, 2.05) is 0 Å². The smallest absolute Gasteiger partial charge is 0.338 e. The number of carboxylic acid groups (broad SMARTS) is 1. The summed E-state index contributed by atoms with van der Waals surface area (Å²) in [6, 6.07) is 11.4. The number of carboxylic acids is 1. The summed E-state index contributed by atoms with van der Waals surface area (Å²) in [7, 11) is 1.48. The minimum Gasteiger partial charge on any atom is -0.495 e. The molecule has 0 fully saturated rings. The van der Waals surface area contributed by atoms with Crippen LogP contribution in [0.25, 0.3) is 0 Å². The van der Waals surface area contributed by atoms with E-state index < -0.39 is 28.0 Å². The van der Waals surface area contributed by atoms with Crippen molar-refractivity contribution in [2.45, 2.75) is 4.90 Å². The van der Waals surface area contributed by atoms with Crippen LogP contribution in [0, 0.1) is 0 Å². The van der Waals surface area contributed by atoms with Crippen LogP contribution in [-0.2, 0) is 4.79 Å². The molecule has 36 heavy (non-hydrogen) atoms. The molecule has 0 spiro atoms. The van der Waals surface area contributed by atoms with Gasteiger partial charge in [-0.2, -0.15) is 0 Å². The van der Waals surface area contributed by atoms with Gasteiger partial charge in [0.05, 0.1) is 49.8 Å². The fourth-order valence-corrected chi connectivity index (χ4v) is 4.96. The van der Waals surface area contributed by atoms with Crippen LogP contribution in [0.3, 0.4) is 0 Å². The summed E-state index contributed by atoms with van der Waals surface area (Å²) in [6.07, 6.45) is 0. The van der Waals surface area contributed by atoms with Crippen LogP contribution >= 0.6 is 69.8 Å². The zero-order valence-corrected chi connectivity index (χ0v) is 22.7. The molecule has 0 unspecified atom stereocenters. The van der Waals surface area contributed by atoms with Crippen molar-refractivity contribution in [3.63, 3.8) is 0 Å². The van der Waals surface area contributed by atoms with Gasteiger partial charge < -0.3 is 20.5 Å². The van der Waals surface area contributed by atoms with Gasteiger partial charge >= 0.3 is 5.97 Å². The van der Waals surface area contributed by atoms with Gasteiger partial charge in [-0.25, -0.2) is 4.79 Å². The molecule has 13 heteroatoms. The van der Waals surface area contributed by atoms with E-state index in [1.165, 1.54) is 18.9 Å². The Hall–Kier alpha value is -2.33. The summed E-state index contributed by atoms with van der Waals surface area (Å²) in [4.78, 5) is 37.7. The SMILES string of the molecule is COc1ccc(Cl)cc1NC(=O)CSc1cccc(NC(=O)c2c(Cl)c(Cl)c(Cl)c(Cl)c2C(=O)O)c1. The molecule has 0 saturated heterocycles. The van der Waals surface area contributed by atoms with Crippen molar-refractivity contribution >= 4 is 98.9 Å². The van der Waals surface area contributed by atoms with E-state index in [1.54, 1.807) is 42.5 Å². The second kappa shape index (κ2) is 12.3. The van der Waals surface area contributed by atoms with E-state index in [0.717, 1.165) is 0 Å². The third-order valence-corrected chi connectivity index (χ3v) is 7.64. The molecule has 0 bridgehead atoms. The number of anilines is 2. The molecule has 7 nitrogen and oxygen atoms in total. The quantitative estimate of drug-likeness (QED) is 0.138. The first-order valence-electron chi connectivity index (χ1n) is 9.80. The summed E-state index contributed by atoms with van der Waals surface area (Å²) in [5.74, 6) is -2.16. The number of aromatic carboxylic acids is 1. The average molecular weight is 609 g/mol. The Labute approximate surface area is 235 Å². The third-order valence-electron chi connectivity index (χ3n) is 4.61. The zero-order chi connectivity index (χ0) is 26.6. The van der Waals surface area contributed by atoms with Gasteiger partial charge in [0, 0.05) is 15.6 Å². The lowest BCUT2D eigenvalue weighted by molar-refractivity contribution is -0.113. The maximum absolute atomic E-state index is 12.9. The van der Waals surface area contributed by atoms with Gasteiger partial charge in [0.25, 0.3) is 5.91 Å². The molecule has 0 aliphatic heterocycles. The van der Waals surface area contributed by atoms with Crippen molar-refractivity contribution in [1.82, 2.24) is 0 Å². The van der Waals surface area contributed by atoms with Gasteiger partial charge in [0.1, 0.15) is 5.75 Å². The predicted molar refractivity (Wildman–Crippen MR) is 145 cm³/mol.